The van der Waals surface area contributed by atoms with Crippen LogP contribution in [0.5, 0.6) is 0 Å². The van der Waals surface area contributed by atoms with Gasteiger partial charge in [-0.1, -0.05) is 23.2 Å². The van der Waals surface area contributed by atoms with Crippen LogP contribution < -0.4 is 0 Å². The summed E-state index contributed by atoms with van der Waals surface area (Å²) in [6.45, 7) is 0.241. The lowest BCUT2D eigenvalue weighted by Gasteiger charge is -2.22. The van der Waals surface area contributed by atoms with Gasteiger partial charge in [0.1, 0.15) is 0 Å². The molecule has 1 atom stereocenters. The van der Waals surface area contributed by atoms with E-state index in [1.165, 1.54) is 22.5 Å². The van der Waals surface area contributed by atoms with Crippen molar-refractivity contribution in [1.29, 1.82) is 0 Å². The molecule has 4 nitrogen and oxygen atoms in total. The van der Waals surface area contributed by atoms with Gasteiger partial charge in [-0.25, -0.2) is 8.42 Å². The van der Waals surface area contributed by atoms with Gasteiger partial charge in [0.15, 0.2) is 0 Å². The van der Waals surface area contributed by atoms with Crippen LogP contribution in [0, 0.1) is 0 Å². The van der Waals surface area contributed by atoms with E-state index in [0.717, 1.165) is 6.42 Å². The van der Waals surface area contributed by atoms with Crippen LogP contribution in [0.25, 0.3) is 0 Å². The fraction of sp³-hybridized carbons (Fsp3) is 0.455. The standard InChI is InChI=1S/C11H13Cl2NO3S/c12-8-4-9(13)6-11(5-8)18(16,17)14-3-1-2-10(14)7-15/h4-6,10,15H,1-3,7H2/t10-/m0/s1. The highest BCUT2D eigenvalue weighted by atomic mass is 35.5. The van der Waals surface area contributed by atoms with Crippen molar-refractivity contribution >= 4 is 33.2 Å². The summed E-state index contributed by atoms with van der Waals surface area (Å²) in [5.41, 5.74) is 0. The minimum Gasteiger partial charge on any atom is -0.395 e. The van der Waals surface area contributed by atoms with Crippen molar-refractivity contribution < 1.29 is 13.5 Å². The summed E-state index contributed by atoms with van der Waals surface area (Å²) in [6.07, 6.45) is 1.42. The zero-order valence-electron chi connectivity index (χ0n) is 9.51. The van der Waals surface area contributed by atoms with Crippen molar-refractivity contribution in [2.24, 2.45) is 0 Å². The number of aliphatic hydroxyl groups is 1. The number of benzene rings is 1. The highest BCUT2D eigenvalue weighted by molar-refractivity contribution is 7.89. The molecule has 0 bridgehead atoms. The number of rotatable bonds is 3. The molecule has 0 radical (unpaired) electrons. The third-order valence-electron chi connectivity index (χ3n) is 2.98. The largest absolute Gasteiger partial charge is 0.395 e. The first-order chi connectivity index (χ1) is 8.45. The van der Waals surface area contributed by atoms with Crippen molar-refractivity contribution in [3.05, 3.63) is 28.2 Å². The zero-order chi connectivity index (χ0) is 13.3. The lowest BCUT2D eigenvalue weighted by Crippen LogP contribution is -2.37. The third-order valence-corrected chi connectivity index (χ3v) is 5.34. The molecule has 1 heterocycles. The van der Waals surface area contributed by atoms with Gasteiger partial charge in [-0.2, -0.15) is 4.31 Å². The summed E-state index contributed by atoms with van der Waals surface area (Å²) < 4.78 is 26.1. The van der Waals surface area contributed by atoms with E-state index in [-0.39, 0.29) is 27.6 Å². The van der Waals surface area contributed by atoms with E-state index in [0.29, 0.717) is 13.0 Å². The first-order valence-corrected chi connectivity index (χ1v) is 7.73. The third kappa shape index (κ3) is 2.65. The maximum Gasteiger partial charge on any atom is 0.243 e. The molecule has 1 aliphatic heterocycles. The van der Waals surface area contributed by atoms with E-state index in [9.17, 15) is 13.5 Å². The maximum absolute atomic E-state index is 12.4. The van der Waals surface area contributed by atoms with E-state index in [1.54, 1.807) is 0 Å². The van der Waals surface area contributed by atoms with Crippen molar-refractivity contribution in [2.75, 3.05) is 13.2 Å². The normalized spacial score (nSPS) is 21.4. The van der Waals surface area contributed by atoms with E-state index in [2.05, 4.69) is 0 Å². The van der Waals surface area contributed by atoms with E-state index in [4.69, 9.17) is 23.2 Å². The van der Waals surface area contributed by atoms with Crippen molar-refractivity contribution in [3.8, 4) is 0 Å². The number of hydrogen-bond acceptors (Lipinski definition) is 3. The molecule has 0 aliphatic carbocycles. The molecule has 18 heavy (non-hydrogen) atoms. The van der Waals surface area contributed by atoms with Crippen LogP contribution in [0.4, 0.5) is 0 Å². The smallest absolute Gasteiger partial charge is 0.243 e. The van der Waals surface area contributed by atoms with Gasteiger partial charge >= 0.3 is 0 Å². The molecule has 0 saturated carbocycles. The van der Waals surface area contributed by atoms with Gasteiger partial charge in [0, 0.05) is 22.6 Å². The molecule has 1 aliphatic rings. The average molecular weight is 310 g/mol. The predicted octanol–water partition coefficient (Wildman–Crippen LogP) is 2.14. The predicted molar refractivity (Wildman–Crippen MR) is 70.5 cm³/mol. The highest BCUT2D eigenvalue weighted by Crippen LogP contribution is 2.29. The molecule has 1 saturated heterocycles. The van der Waals surface area contributed by atoms with Crippen LogP contribution >= 0.6 is 23.2 Å². The Hall–Kier alpha value is -0.330. The lowest BCUT2D eigenvalue weighted by atomic mass is 10.2. The molecule has 0 unspecified atom stereocenters. The topological polar surface area (TPSA) is 57.6 Å². The number of hydrogen-bond donors (Lipinski definition) is 1. The Morgan fingerprint density at radius 3 is 2.44 bits per heavy atom. The van der Waals surface area contributed by atoms with Gasteiger partial charge in [-0.05, 0) is 31.0 Å². The Bertz CT molecular complexity index is 527. The van der Waals surface area contributed by atoms with E-state index < -0.39 is 10.0 Å². The van der Waals surface area contributed by atoms with Crippen LogP contribution in [-0.2, 0) is 10.0 Å². The molecule has 1 N–H and O–H groups in total. The fourth-order valence-electron chi connectivity index (χ4n) is 2.12. The number of halogens is 2. The van der Waals surface area contributed by atoms with Gasteiger partial charge in [0.25, 0.3) is 0 Å². The highest BCUT2D eigenvalue weighted by Gasteiger charge is 2.35. The molecule has 1 aromatic rings. The van der Waals surface area contributed by atoms with Crippen LogP contribution in [-0.4, -0.2) is 37.0 Å². The Labute approximate surface area is 116 Å². The molecule has 0 aromatic heterocycles. The van der Waals surface area contributed by atoms with Crippen LogP contribution in [0.15, 0.2) is 23.1 Å². The number of aliphatic hydroxyl groups excluding tert-OH is 1. The minimum atomic E-state index is -3.64. The van der Waals surface area contributed by atoms with E-state index >= 15 is 0 Å². The average Bonchev–Trinajstić information content (AvgIpc) is 2.76. The van der Waals surface area contributed by atoms with Gasteiger partial charge in [-0.15, -0.1) is 0 Å². The Morgan fingerprint density at radius 2 is 1.89 bits per heavy atom. The molecule has 1 fully saturated rings. The maximum atomic E-state index is 12.4. The van der Waals surface area contributed by atoms with Crippen LogP contribution in [0.1, 0.15) is 12.8 Å². The van der Waals surface area contributed by atoms with E-state index in [1.807, 2.05) is 0 Å². The summed E-state index contributed by atoms with van der Waals surface area (Å²) in [7, 11) is -3.64. The monoisotopic (exact) mass is 309 g/mol. The first-order valence-electron chi connectivity index (χ1n) is 5.54. The molecule has 1 aromatic carbocycles. The molecule has 0 spiro atoms. The zero-order valence-corrected chi connectivity index (χ0v) is 11.8. The summed E-state index contributed by atoms with van der Waals surface area (Å²) in [6, 6.07) is 3.87. The minimum absolute atomic E-state index is 0.0698. The second-order valence-electron chi connectivity index (χ2n) is 4.20. The molecule has 100 valence electrons. The van der Waals surface area contributed by atoms with Crippen LogP contribution in [0.3, 0.4) is 0 Å². The molecule has 7 heteroatoms. The van der Waals surface area contributed by atoms with Gasteiger partial charge in [-0.3, -0.25) is 0 Å². The van der Waals surface area contributed by atoms with Crippen molar-refractivity contribution in [2.45, 2.75) is 23.8 Å². The molecular weight excluding hydrogens is 297 g/mol. The number of nitrogens with zero attached hydrogens (tertiary/aromatic N) is 1. The Kier molecular flexibility index (Phi) is 4.18. The van der Waals surface area contributed by atoms with Crippen LogP contribution in [0.2, 0.25) is 10.0 Å². The lowest BCUT2D eigenvalue weighted by molar-refractivity contribution is 0.213. The quantitative estimate of drug-likeness (QED) is 0.930. The first kappa shape index (κ1) is 14.1. The second kappa shape index (κ2) is 5.35. The SMILES string of the molecule is O=S(=O)(c1cc(Cl)cc(Cl)c1)N1CCC[C@H]1CO. The number of sulfonamides is 1. The van der Waals surface area contributed by atoms with Gasteiger partial charge in [0.05, 0.1) is 11.5 Å². The summed E-state index contributed by atoms with van der Waals surface area (Å²) in [5, 5.41) is 9.75. The fourth-order valence-corrected chi connectivity index (χ4v) is 4.53. The Morgan fingerprint density at radius 1 is 1.28 bits per heavy atom. The van der Waals surface area contributed by atoms with Gasteiger partial charge < -0.3 is 5.11 Å². The summed E-state index contributed by atoms with van der Waals surface area (Å²) >= 11 is 11.6. The van der Waals surface area contributed by atoms with Gasteiger partial charge in [0.2, 0.25) is 10.0 Å². The second-order valence-corrected chi connectivity index (χ2v) is 6.96. The van der Waals surface area contributed by atoms with Crippen molar-refractivity contribution in [1.82, 2.24) is 4.31 Å². The summed E-state index contributed by atoms with van der Waals surface area (Å²) in [5.74, 6) is 0. The molecule has 0 amide bonds. The van der Waals surface area contributed by atoms with Crippen molar-refractivity contribution in [3.63, 3.8) is 0 Å². The molecular formula is C11H13Cl2NO3S. The molecule has 2 rings (SSSR count). The Balaban J connectivity index is 2.41. The summed E-state index contributed by atoms with van der Waals surface area (Å²) in [4.78, 5) is 0.0698.